The number of benzene rings is 2. The van der Waals surface area contributed by atoms with Gasteiger partial charge in [-0.15, -0.1) is 0 Å². The van der Waals surface area contributed by atoms with Gasteiger partial charge in [-0.1, -0.05) is 5.16 Å². The van der Waals surface area contributed by atoms with Crippen molar-refractivity contribution in [3.63, 3.8) is 0 Å². The molecule has 1 aromatic heterocycles. The van der Waals surface area contributed by atoms with Crippen LogP contribution in [0, 0.1) is 17.6 Å². The number of esters is 1. The van der Waals surface area contributed by atoms with Crippen LogP contribution < -0.4 is 0 Å². The second-order valence-corrected chi connectivity index (χ2v) is 7.20. The number of hydrogen-bond donors (Lipinski definition) is 0. The molecule has 160 valence electrons. The predicted octanol–water partition coefficient (Wildman–Crippen LogP) is 3.61. The molecule has 0 unspecified atom stereocenters. The normalized spacial score (nSPS) is 14.5. The summed E-state index contributed by atoms with van der Waals surface area (Å²) in [5, 5.41) is 3.80. The standard InChI is InChI=1S/C22H19F2N3O4/c23-17-5-1-14(2-6-17)20-25-19(31-26-20)13-30-22(29)16-9-11-27(12-10-16)21(28)15-3-7-18(24)8-4-15/h1-8,16H,9-13H2. The highest BCUT2D eigenvalue weighted by Crippen LogP contribution is 2.22. The number of nitrogens with zero attached hydrogens (tertiary/aromatic N) is 3. The van der Waals surface area contributed by atoms with E-state index in [-0.39, 0.29) is 36.0 Å². The maximum absolute atomic E-state index is 13.0. The van der Waals surface area contributed by atoms with Crippen LogP contribution in [0.25, 0.3) is 11.4 Å². The lowest BCUT2D eigenvalue weighted by Crippen LogP contribution is -2.40. The number of carbonyl (C=O) groups excluding carboxylic acids is 2. The van der Waals surface area contributed by atoms with Crippen molar-refractivity contribution in [3.8, 4) is 11.4 Å². The highest BCUT2D eigenvalue weighted by atomic mass is 19.1. The molecular formula is C22H19F2N3O4. The zero-order chi connectivity index (χ0) is 21.8. The van der Waals surface area contributed by atoms with Crippen LogP contribution in [-0.4, -0.2) is 40.0 Å². The van der Waals surface area contributed by atoms with Crippen LogP contribution in [0.15, 0.2) is 53.1 Å². The number of likely N-dealkylation sites (tertiary alicyclic amines) is 1. The molecule has 2 heterocycles. The van der Waals surface area contributed by atoms with Gasteiger partial charge in [0.05, 0.1) is 5.92 Å². The topological polar surface area (TPSA) is 85.5 Å². The van der Waals surface area contributed by atoms with Gasteiger partial charge in [0, 0.05) is 24.2 Å². The number of piperidine rings is 1. The van der Waals surface area contributed by atoms with E-state index in [9.17, 15) is 18.4 Å². The van der Waals surface area contributed by atoms with E-state index in [0.717, 1.165) is 0 Å². The van der Waals surface area contributed by atoms with Gasteiger partial charge >= 0.3 is 5.97 Å². The summed E-state index contributed by atoms with van der Waals surface area (Å²) in [6.07, 6.45) is 0.937. The van der Waals surface area contributed by atoms with Gasteiger partial charge in [-0.2, -0.15) is 4.98 Å². The molecule has 1 fully saturated rings. The van der Waals surface area contributed by atoms with E-state index < -0.39 is 11.8 Å². The Bertz CT molecular complexity index is 1060. The molecule has 2 aromatic carbocycles. The van der Waals surface area contributed by atoms with Gasteiger partial charge in [0.25, 0.3) is 11.8 Å². The van der Waals surface area contributed by atoms with Crippen molar-refractivity contribution in [3.05, 3.63) is 71.6 Å². The Labute approximate surface area is 176 Å². The zero-order valence-corrected chi connectivity index (χ0v) is 16.5. The Morgan fingerprint density at radius 2 is 1.61 bits per heavy atom. The summed E-state index contributed by atoms with van der Waals surface area (Å²) >= 11 is 0. The van der Waals surface area contributed by atoms with E-state index in [2.05, 4.69) is 10.1 Å². The van der Waals surface area contributed by atoms with Crippen molar-refractivity contribution in [2.45, 2.75) is 19.4 Å². The first kappa shape index (κ1) is 20.6. The van der Waals surface area contributed by atoms with Gasteiger partial charge in [0.1, 0.15) is 11.6 Å². The minimum Gasteiger partial charge on any atom is -0.455 e. The van der Waals surface area contributed by atoms with Crippen molar-refractivity contribution in [2.75, 3.05) is 13.1 Å². The van der Waals surface area contributed by atoms with Gasteiger partial charge < -0.3 is 14.2 Å². The van der Waals surface area contributed by atoms with E-state index >= 15 is 0 Å². The molecule has 0 aliphatic carbocycles. The van der Waals surface area contributed by atoms with Gasteiger partial charge in [0.2, 0.25) is 5.82 Å². The van der Waals surface area contributed by atoms with Crippen molar-refractivity contribution in [1.82, 2.24) is 15.0 Å². The molecule has 0 radical (unpaired) electrons. The Morgan fingerprint density at radius 1 is 1.00 bits per heavy atom. The molecule has 1 saturated heterocycles. The van der Waals surface area contributed by atoms with Crippen molar-refractivity contribution >= 4 is 11.9 Å². The summed E-state index contributed by atoms with van der Waals surface area (Å²) in [6, 6.07) is 11.0. The van der Waals surface area contributed by atoms with E-state index in [1.165, 1.54) is 48.5 Å². The zero-order valence-electron chi connectivity index (χ0n) is 16.5. The van der Waals surface area contributed by atoms with Crippen LogP contribution in [0.4, 0.5) is 8.78 Å². The third-order valence-corrected chi connectivity index (χ3v) is 5.12. The van der Waals surface area contributed by atoms with Gasteiger partial charge in [-0.3, -0.25) is 9.59 Å². The number of hydrogen-bond acceptors (Lipinski definition) is 6. The number of aromatic nitrogens is 2. The van der Waals surface area contributed by atoms with Crippen LogP contribution >= 0.6 is 0 Å². The largest absolute Gasteiger partial charge is 0.455 e. The molecule has 1 aliphatic rings. The van der Waals surface area contributed by atoms with Crippen LogP contribution in [0.3, 0.4) is 0 Å². The monoisotopic (exact) mass is 427 g/mol. The first-order chi connectivity index (χ1) is 15.0. The number of carbonyl (C=O) groups is 2. The molecular weight excluding hydrogens is 408 g/mol. The lowest BCUT2D eigenvalue weighted by molar-refractivity contribution is -0.152. The fraction of sp³-hybridized carbons (Fsp3) is 0.273. The van der Waals surface area contributed by atoms with E-state index in [1.807, 2.05) is 0 Å². The minimum atomic E-state index is -0.399. The van der Waals surface area contributed by atoms with Gasteiger partial charge in [-0.25, -0.2) is 8.78 Å². The highest BCUT2D eigenvalue weighted by molar-refractivity contribution is 5.94. The molecule has 9 heteroatoms. The summed E-state index contributed by atoms with van der Waals surface area (Å²) < 4.78 is 36.4. The molecule has 4 rings (SSSR count). The number of rotatable bonds is 5. The molecule has 0 saturated carbocycles. The van der Waals surface area contributed by atoms with Crippen LogP contribution in [0.2, 0.25) is 0 Å². The van der Waals surface area contributed by atoms with Crippen molar-refractivity contribution in [2.24, 2.45) is 5.92 Å². The van der Waals surface area contributed by atoms with E-state index in [1.54, 1.807) is 4.90 Å². The van der Waals surface area contributed by atoms with E-state index in [4.69, 9.17) is 9.26 Å². The molecule has 0 bridgehead atoms. The van der Waals surface area contributed by atoms with Crippen molar-refractivity contribution < 1.29 is 27.6 Å². The lowest BCUT2D eigenvalue weighted by Gasteiger charge is -2.30. The third kappa shape index (κ3) is 4.93. The smallest absolute Gasteiger partial charge is 0.309 e. The molecule has 1 amide bonds. The number of ether oxygens (including phenoxy) is 1. The van der Waals surface area contributed by atoms with Gasteiger partial charge in [0.15, 0.2) is 6.61 Å². The molecule has 0 N–H and O–H groups in total. The Morgan fingerprint density at radius 3 is 2.26 bits per heavy atom. The number of halogens is 2. The third-order valence-electron chi connectivity index (χ3n) is 5.12. The SMILES string of the molecule is O=C(OCc1nc(-c2ccc(F)cc2)no1)C1CCN(C(=O)c2ccc(F)cc2)CC1. The lowest BCUT2D eigenvalue weighted by atomic mass is 9.96. The molecule has 31 heavy (non-hydrogen) atoms. The molecule has 1 aliphatic heterocycles. The predicted molar refractivity (Wildman–Crippen MR) is 105 cm³/mol. The summed E-state index contributed by atoms with van der Waals surface area (Å²) in [4.78, 5) is 30.6. The fourth-order valence-electron chi connectivity index (χ4n) is 3.37. The summed E-state index contributed by atoms with van der Waals surface area (Å²) in [6.45, 7) is 0.651. The maximum Gasteiger partial charge on any atom is 0.309 e. The Balaban J connectivity index is 1.26. The molecule has 0 spiro atoms. The Hall–Kier alpha value is -3.62. The first-order valence-corrected chi connectivity index (χ1v) is 9.79. The minimum absolute atomic E-state index is 0.136. The van der Waals surface area contributed by atoms with E-state index in [0.29, 0.717) is 37.1 Å². The van der Waals surface area contributed by atoms with Crippen LogP contribution in [0.1, 0.15) is 29.1 Å². The molecule has 3 aromatic rings. The summed E-state index contributed by atoms with van der Waals surface area (Å²) in [5.41, 5.74) is 0.997. The quantitative estimate of drug-likeness (QED) is 0.579. The van der Waals surface area contributed by atoms with Gasteiger partial charge in [-0.05, 0) is 61.4 Å². The average molecular weight is 427 g/mol. The number of amides is 1. The molecule has 7 nitrogen and oxygen atoms in total. The fourth-order valence-corrected chi connectivity index (χ4v) is 3.37. The maximum atomic E-state index is 13.0. The summed E-state index contributed by atoms with van der Waals surface area (Å²) in [5.74, 6) is -1.27. The van der Waals surface area contributed by atoms with Crippen LogP contribution in [-0.2, 0) is 16.1 Å². The first-order valence-electron chi connectivity index (χ1n) is 9.79. The highest BCUT2D eigenvalue weighted by Gasteiger charge is 2.29. The Kier molecular flexibility index (Phi) is 6.01. The second kappa shape index (κ2) is 9.03. The second-order valence-electron chi connectivity index (χ2n) is 7.20. The molecule has 0 atom stereocenters. The van der Waals surface area contributed by atoms with Crippen molar-refractivity contribution in [1.29, 1.82) is 0 Å². The average Bonchev–Trinajstić information content (AvgIpc) is 3.27. The summed E-state index contributed by atoms with van der Waals surface area (Å²) in [7, 11) is 0. The van der Waals surface area contributed by atoms with Crippen LogP contribution in [0.5, 0.6) is 0 Å².